The SMILES string of the molecule is CC(N)=Nc1ccc(C)cn1. The fourth-order valence-corrected chi connectivity index (χ4v) is 0.707. The summed E-state index contributed by atoms with van der Waals surface area (Å²) in [7, 11) is 0. The fraction of sp³-hybridized carbons (Fsp3) is 0.250. The van der Waals surface area contributed by atoms with Crippen LogP contribution in [0.2, 0.25) is 0 Å². The van der Waals surface area contributed by atoms with Crippen molar-refractivity contribution in [1.29, 1.82) is 0 Å². The van der Waals surface area contributed by atoms with Crippen LogP contribution in [-0.4, -0.2) is 10.8 Å². The molecule has 1 heterocycles. The Bertz CT molecular complexity index is 257. The van der Waals surface area contributed by atoms with Crippen LogP contribution in [0.25, 0.3) is 0 Å². The Hall–Kier alpha value is -1.38. The van der Waals surface area contributed by atoms with E-state index in [-0.39, 0.29) is 0 Å². The third-order valence-electron chi connectivity index (χ3n) is 1.19. The number of aromatic nitrogens is 1. The van der Waals surface area contributed by atoms with Gasteiger partial charge in [0, 0.05) is 6.20 Å². The molecule has 0 radical (unpaired) electrons. The number of hydrogen-bond acceptors (Lipinski definition) is 2. The molecule has 58 valence electrons. The quantitative estimate of drug-likeness (QED) is 0.484. The Balaban J connectivity index is 2.91. The lowest BCUT2D eigenvalue weighted by Crippen LogP contribution is -2.03. The highest BCUT2D eigenvalue weighted by Crippen LogP contribution is 2.06. The van der Waals surface area contributed by atoms with Crippen LogP contribution in [0, 0.1) is 6.92 Å². The molecule has 3 heteroatoms. The molecule has 0 saturated heterocycles. The summed E-state index contributed by atoms with van der Waals surface area (Å²) in [4.78, 5) is 8.03. The molecule has 0 aliphatic carbocycles. The van der Waals surface area contributed by atoms with Gasteiger partial charge in [-0.2, -0.15) is 0 Å². The van der Waals surface area contributed by atoms with Gasteiger partial charge in [0.25, 0.3) is 0 Å². The second-order valence-electron chi connectivity index (χ2n) is 2.45. The maximum absolute atomic E-state index is 5.37. The minimum absolute atomic E-state index is 0.529. The summed E-state index contributed by atoms with van der Waals surface area (Å²) < 4.78 is 0. The Kier molecular flexibility index (Phi) is 2.21. The molecule has 0 saturated carbocycles. The van der Waals surface area contributed by atoms with E-state index in [0.717, 1.165) is 5.56 Å². The van der Waals surface area contributed by atoms with Crippen molar-refractivity contribution in [3.63, 3.8) is 0 Å². The van der Waals surface area contributed by atoms with Crippen LogP contribution in [0.1, 0.15) is 12.5 Å². The molecular weight excluding hydrogens is 138 g/mol. The monoisotopic (exact) mass is 149 g/mol. The molecule has 11 heavy (non-hydrogen) atoms. The van der Waals surface area contributed by atoms with E-state index in [1.54, 1.807) is 13.1 Å². The van der Waals surface area contributed by atoms with Crippen LogP contribution >= 0.6 is 0 Å². The molecule has 0 bridgehead atoms. The summed E-state index contributed by atoms with van der Waals surface area (Å²) in [5.41, 5.74) is 6.50. The van der Waals surface area contributed by atoms with E-state index in [2.05, 4.69) is 9.98 Å². The van der Waals surface area contributed by atoms with Gasteiger partial charge in [-0.1, -0.05) is 6.07 Å². The van der Waals surface area contributed by atoms with Gasteiger partial charge in [0.05, 0.1) is 5.84 Å². The zero-order valence-corrected chi connectivity index (χ0v) is 6.70. The van der Waals surface area contributed by atoms with Crippen LogP contribution in [0.15, 0.2) is 23.3 Å². The highest BCUT2D eigenvalue weighted by molar-refractivity contribution is 5.79. The molecular formula is C8H11N3. The Morgan fingerprint density at radius 1 is 1.55 bits per heavy atom. The van der Waals surface area contributed by atoms with Gasteiger partial charge in [0.1, 0.15) is 0 Å². The van der Waals surface area contributed by atoms with Crippen molar-refractivity contribution in [3.8, 4) is 0 Å². The van der Waals surface area contributed by atoms with Gasteiger partial charge < -0.3 is 5.73 Å². The van der Waals surface area contributed by atoms with Gasteiger partial charge in [0.2, 0.25) is 0 Å². The number of nitrogens with zero attached hydrogens (tertiary/aromatic N) is 2. The van der Waals surface area contributed by atoms with Crippen LogP contribution in [-0.2, 0) is 0 Å². The number of rotatable bonds is 1. The van der Waals surface area contributed by atoms with Crippen molar-refractivity contribution in [1.82, 2.24) is 4.98 Å². The summed E-state index contributed by atoms with van der Waals surface area (Å²) in [6.45, 7) is 3.72. The molecule has 0 atom stereocenters. The van der Waals surface area contributed by atoms with Crippen molar-refractivity contribution in [2.45, 2.75) is 13.8 Å². The zero-order valence-electron chi connectivity index (χ0n) is 6.70. The number of hydrogen-bond donors (Lipinski definition) is 1. The number of aryl methyl sites for hydroxylation is 1. The average molecular weight is 149 g/mol. The maximum Gasteiger partial charge on any atom is 0.153 e. The number of pyridine rings is 1. The number of amidine groups is 1. The Labute approximate surface area is 66.0 Å². The zero-order chi connectivity index (χ0) is 8.27. The van der Waals surface area contributed by atoms with Gasteiger partial charge in [-0.3, -0.25) is 0 Å². The summed E-state index contributed by atoms with van der Waals surface area (Å²) in [6.07, 6.45) is 1.77. The van der Waals surface area contributed by atoms with Crippen LogP contribution in [0.3, 0.4) is 0 Å². The first kappa shape index (κ1) is 7.72. The first-order chi connectivity index (χ1) is 5.18. The maximum atomic E-state index is 5.37. The second kappa shape index (κ2) is 3.14. The highest BCUT2D eigenvalue weighted by atomic mass is 14.9. The summed E-state index contributed by atoms with van der Waals surface area (Å²) >= 11 is 0. The highest BCUT2D eigenvalue weighted by Gasteiger charge is 1.88. The van der Waals surface area contributed by atoms with E-state index in [1.165, 1.54) is 0 Å². The van der Waals surface area contributed by atoms with E-state index in [1.807, 2.05) is 19.1 Å². The minimum Gasteiger partial charge on any atom is -0.387 e. The molecule has 1 aromatic rings. The third kappa shape index (κ3) is 2.37. The predicted molar refractivity (Wildman–Crippen MR) is 45.9 cm³/mol. The molecule has 3 nitrogen and oxygen atoms in total. The number of aliphatic imine (C=N–C) groups is 1. The smallest absolute Gasteiger partial charge is 0.153 e. The Morgan fingerprint density at radius 3 is 2.73 bits per heavy atom. The third-order valence-corrected chi connectivity index (χ3v) is 1.19. The van der Waals surface area contributed by atoms with Gasteiger partial charge in [-0.15, -0.1) is 0 Å². The molecule has 0 unspecified atom stereocenters. The van der Waals surface area contributed by atoms with E-state index >= 15 is 0 Å². The molecule has 0 amide bonds. The fourth-order valence-electron chi connectivity index (χ4n) is 0.707. The van der Waals surface area contributed by atoms with E-state index < -0.39 is 0 Å². The first-order valence-electron chi connectivity index (χ1n) is 3.42. The lowest BCUT2D eigenvalue weighted by atomic mass is 10.3. The van der Waals surface area contributed by atoms with Crippen molar-refractivity contribution < 1.29 is 0 Å². The van der Waals surface area contributed by atoms with Crippen molar-refractivity contribution in [2.24, 2.45) is 10.7 Å². The van der Waals surface area contributed by atoms with Crippen molar-refractivity contribution in [3.05, 3.63) is 23.9 Å². The van der Waals surface area contributed by atoms with Crippen LogP contribution in [0.5, 0.6) is 0 Å². The lowest BCUT2D eigenvalue weighted by molar-refractivity contribution is 1.23. The van der Waals surface area contributed by atoms with Gasteiger partial charge in [-0.25, -0.2) is 9.98 Å². The van der Waals surface area contributed by atoms with Gasteiger partial charge in [-0.05, 0) is 25.5 Å². The molecule has 0 spiro atoms. The van der Waals surface area contributed by atoms with Gasteiger partial charge in [0.15, 0.2) is 5.82 Å². The lowest BCUT2D eigenvalue weighted by Gasteiger charge is -1.93. The van der Waals surface area contributed by atoms with Crippen LogP contribution < -0.4 is 5.73 Å². The summed E-state index contributed by atoms with van der Waals surface area (Å²) in [5, 5.41) is 0. The molecule has 0 fully saturated rings. The number of nitrogens with two attached hydrogens (primary N) is 1. The largest absolute Gasteiger partial charge is 0.387 e. The average Bonchev–Trinajstić information content (AvgIpc) is 1.93. The summed E-state index contributed by atoms with van der Waals surface area (Å²) in [6, 6.07) is 3.79. The first-order valence-corrected chi connectivity index (χ1v) is 3.42. The normalized spacial score (nSPS) is 11.6. The topological polar surface area (TPSA) is 51.3 Å². The standard InChI is InChI=1S/C8H11N3/c1-6-3-4-8(10-5-6)11-7(2)9/h3-5H,1-2H3,(H2,9,10,11). The van der Waals surface area contributed by atoms with E-state index in [9.17, 15) is 0 Å². The molecule has 0 aliphatic rings. The molecule has 1 rings (SSSR count). The van der Waals surface area contributed by atoms with Crippen molar-refractivity contribution >= 4 is 11.7 Å². The molecule has 0 aliphatic heterocycles. The van der Waals surface area contributed by atoms with Crippen molar-refractivity contribution in [2.75, 3.05) is 0 Å². The predicted octanol–water partition coefficient (Wildman–Crippen LogP) is 1.40. The van der Waals surface area contributed by atoms with Gasteiger partial charge >= 0.3 is 0 Å². The molecule has 0 aromatic carbocycles. The van der Waals surface area contributed by atoms with E-state index in [4.69, 9.17) is 5.73 Å². The molecule has 1 aromatic heterocycles. The van der Waals surface area contributed by atoms with E-state index in [0.29, 0.717) is 11.7 Å². The Morgan fingerprint density at radius 2 is 2.27 bits per heavy atom. The summed E-state index contributed by atoms with van der Waals surface area (Å²) in [5.74, 6) is 1.19. The molecule has 2 N–H and O–H groups in total. The second-order valence-corrected chi connectivity index (χ2v) is 2.45. The van der Waals surface area contributed by atoms with Crippen LogP contribution in [0.4, 0.5) is 5.82 Å². The minimum atomic E-state index is 0.529.